The Kier molecular flexibility index (Phi) is 3.92. The number of halogens is 1. The van der Waals surface area contributed by atoms with Gasteiger partial charge < -0.3 is 9.84 Å². The first-order valence-corrected chi connectivity index (χ1v) is 7.62. The van der Waals surface area contributed by atoms with Crippen molar-refractivity contribution in [1.29, 1.82) is 0 Å². The molecule has 0 aliphatic heterocycles. The van der Waals surface area contributed by atoms with E-state index in [1.807, 2.05) is 6.92 Å². The Bertz CT molecular complexity index is 701. The molecule has 0 radical (unpaired) electrons. The fourth-order valence-electron chi connectivity index (χ4n) is 3.30. The van der Waals surface area contributed by atoms with Gasteiger partial charge in [-0.25, -0.2) is 14.4 Å². The summed E-state index contributed by atoms with van der Waals surface area (Å²) in [6, 6.07) is 0. The van der Waals surface area contributed by atoms with E-state index >= 15 is 0 Å². The normalized spacial score (nSPS) is 29.1. The Morgan fingerprint density at radius 3 is 2.91 bits per heavy atom. The number of carboxylic acids is 1. The maximum atomic E-state index is 13.6. The predicted octanol–water partition coefficient (Wildman–Crippen LogP) is 2.99. The van der Waals surface area contributed by atoms with E-state index in [1.54, 1.807) is 19.2 Å². The summed E-state index contributed by atoms with van der Waals surface area (Å²) in [5.41, 5.74) is 0.149. The molecule has 3 rings (SSSR count). The standard InChI is InChI=1S/C17H19FN2O3/c1-10-15(8-19-11(2)20-10)23-9-17(7-14(17)16(21)22)12-4-3-5-13(18)6-12/h3,5-6,8,12,14H,4,7,9H2,1-2H3,(H,21,22)/t12?,14-,17+/m0/s1. The molecule has 3 atom stereocenters. The summed E-state index contributed by atoms with van der Waals surface area (Å²) in [6.07, 6.45) is 7.41. The van der Waals surface area contributed by atoms with E-state index in [0.29, 0.717) is 30.1 Å². The van der Waals surface area contributed by atoms with Crippen LogP contribution in [-0.2, 0) is 4.79 Å². The minimum atomic E-state index is -0.853. The van der Waals surface area contributed by atoms with E-state index in [-0.39, 0.29) is 18.4 Å². The van der Waals surface area contributed by atoms with Crippen LogP contribution in [0.2, 0.25) is 0 Å². The lowest BCUT2D eigenvalue weighted by Gasteiger charge is -2.26. The third-order valence-corrected chi connectivity index (χ3v) is 4.73. The van der Waals surface area contributed by atoms with Crippen LogP contribution in [0.3, 0.4) is 0 Å². The molecular weight excluding hydrogens is 299 g/mol. The number of aromatic nitrogens is 2. The van der Waals surface area contributed by atoms with Gasteiger partial charge in [0.05, 0.1) is 24.4 Å². The summed E-state index contributed by atoms with van der Waals surface area (Å²) in [7, 11) is 0. The fraction of sp³-hybridized carbons (Fsp3) is 0.471. The van der Waals surface area contributed by atoms with Gasteiger partial charge >= 0.3 is 5.97 Å². The SMILES string of the molecule is Cc1ncc(OC[C@@]2(C3C=C(F)C=CC3)C[C@H]2C(=O)O)c(C)n1. The summed E-state index contributed by atoms with van der Waals surface area (Å²) < 4.78 is 19.4. The van der Waals surface area contributed by atoms with Crippen molar-refractivity contribution in [2.24, 2.45) is 17.3 Å². The first-order chi connectivity index (χ1) is 10.9. The number of hydrogen-bond acceptors (Lipinski definition) is 4. The van der Waals surface area contributed by atoms with Crippen LogP contribution in [0.15, 0.2) is 30.3 Å². The average molecular weight is 318 g/mol. The second-order valence-corrected chi connectivity index (χ2v) is 6.28. The third kappa shape index (κ3) is 2.98. The van der Waals surface area contributed by atoms with Crippen LogP contribution in [0, 0.1) is 31.1 Å². The smallest absolute Gasteiger partial charge is 0.307 e. The predicted molar refractivity (Wildman–Crippen MR) is 81.6 cm³/mol. The summed E-state index contributed by atoms with van der Waals surface area (Å²) in [6.45, 7) is 3.84. The molecule has 0 saturated heterocycles. The molecule has 2 aliphatic rings. The molecule has 1 aromatic heterocycles. The van der Waals surface area contributed by atoms with Gasteiger partial charge in [0, 0.05) is 5.41 Å². The highest BCUT2D eigenvalue weighted by molar-refractivity contribution is 5.75. The molecule has 23 heavy (non-hydrogen) atoms. The Hall–Kier alpha value is -2.24. The maximum Gasteiger partial charge on any atom is 0.307 e. The Morgan fingerprint density at radius 2 is 2.30 bits per heavy atom. The van der Waals surface area contributed by atoms with Gasteiger partial charge in [0.25, 0.3) is 0 Å². The van der Waals surface area contributed by atoms with Crippen molar-refractivity contribution < 1.29 is 19.0 Å². The van der Waals surface area contributed by atoms with Crippen molar-refractivity contribution in [3.05, 3.63) is 41.8 Å². The van der Waals surface area contributed by atoms with Gasteiger partial charge in [-0.15, -0.1) is 0 Å². The van der Waals surface area contributed by atoms with Crippen LogP contribution in [0.1, 0.15) is 24.4 Å². The maximum absolute atomic E-state index is 13.6. The third-order valence-electron chi connectivity index (χ3n) is 4.73. The molecule has 1 fully saturated rings. The molecule has 1 N–H and O–H groups in total. The number of aryl methyl sites for hydroxylation is 2. The second kappa shape index (κ2) is 5.76. The van der Waals surface area contributed by atoms with Crippen LogP contribution in [0.5, 0.6) is 5.75 Å². The number of ether oxygens (including phenoxy) is 1. The number of allylic oxidation sites excluding steroid dienone is 4. The van der Waals surface area contributed by atoms with Crippen LogP contribution in [0.25, 0.3) is 0 Å². The number of rotatable bonds is 5. The summed E-state index contributed by atoms with van der Waals surface area (Å²) in [5.74, 6) is -0.640. The molecule has 1 unspecified atom stereocenters. The lowest BCUT2D eigenvalue weighted by molar-refractivity contribution is -0.140. The van der Waals surface area contributed by atoms with Crippen molar-refractivity contribution in [2.75, 3.05) is 6.61 Å². The molecule has 1 saturated carbocycles. The molecule has 122 valence electrons. The highest BCUT2D eigenvalue weighted by Crippen LogP contribution is 2.60. The quantitative estimate of drug-likeness (QED) is 0.903. The van der Waals surface area contributed by atoms with Crippen molar-refractivity contribution in [1.82, 2.24) is 9.97 Å². The van der Waals surface area contributed by atoms with Crippen LogP contribution >= 0.6 is 0 Å². The van der Waals surface area contributed by atoms with Crippen molar-refractivity contribution >= 4 is 5.97 Å². The van der Waals surface area contributed by atoms with Gasteiger partial charge in [-0.3, -0.25) is 4.79 Å². The first kappa shape index (κ1) is 15.6. The zero-order chi connectivity index (χ0) is 16.6. The molecule has 0 spiro atoms. The minimum absolute atomic E-state index is 0.166. The molecule has 1 heterocycles. The summed E-state index contributed by atoms with van der Waals surface area (Å²) >= 11 is 0. The van der Waals surface area contributed by atoms with Gasteiger partial charge in [-0.05, 0) is 44.8 Å². The number of hydrogen-bond donors (Lipinski definition) is 1. The Balaban J connectivity index is 1.78. The molecule has 0 amide bonds. The van der Waals surface area contributed by atoms with E-state index in [9.17, 15) is 14.3 Å². The molecule has 2 aliphatic carbocycles. The summed E-state index contributed by atoms with van der Waals surface area (Å²) in [5, 5.41) is 9.36. The fourth-order valence-corrected chi connectivity index (χ4v) is 3.30. The van der Waals surface area contributed by atoms with Gasteiger partial charge in [0.2, 0.25) is 0 Å². The van der Waals surface area contributed by atoms with Crippen molar-refractivity contribution in [3.8, 4) is 5.75 Å². The molecule has 6 heteroatoms. The van der Waals surface area contributed by atoms with Gasteiger partial charge in [-0.2, -0.15) is 0 Å². The zero-order valence-corrected chi connectivity index (χ0v) is 13.1. The van der Waals surface area contributed by atoms with E-state index < -0.39 is 17.3 Å². The highest BCUT2D eigenvalue weighted by Gasteiger charge is 2.62. The van der Waals surface area contributed by atoms with Crippen LogP contribution < -0.4 is 4.74 Å². The van der Waals surface area contributed by atoms with Gasteiger partial charge in [0.15, 0.2) is 5.75 Å². The van der Waals surface area contributed by atoms with E-state index in [2.05, 4.69) is 9.97 Å². The van der Waals surface area contributed by atoms with Crippen molar-refractivity contribution in [3.63, 3.8) is 0 Å². The summed E-state index contributed by atoms with van der Waals surface area (Å²) in [4.78, 5) is 19.8. The number of nitrogens with zero attached hydrogens (tertiary/aromatic N) is 2. The monoisotopic (exact) mass is 318 g/mol. The number of aliphatic carboxylic acids is 1. The Morgan fingerprint density at radius 1 is 1.52 bits per heavy atom. The second-order valence-electron chi connectivity index (χ2n) is 6.28. The van der Waals surface area contributed by atoms with E-state index in [4.69, 9.17) is 4.74 Å². The molecule has 1 aromatic rings. The Labute approximate surface area is 133 Å². The van der Waals surface area contributed by atoms with Gasteiger partial charge in [0.1, 0.15) is 11.7 Å². The first-order valence-electron chi connectivity index (χ1n) is 7.62. The topological polar surface area (TPSA) is 72.3 Å². The minimum Gasteiger partial charge on any atom is -0.489 e. The van der Waals surface area contributed by atoms with E-state index in [1.165, 1.54) is 12.2 Å². The number of carboxylic acid groups (broad SMARTS) is 1. The largest absolute Gasteiger partial charge is 0.489 e. The van der Waals surface area contributed by atoms with Crippen LogP contribution in [0.4, 0.5) is 4.39 Å². The average Bonchev–Trinajstić information content (AvgIpc) is 3.23. The molecule has 0 aromatic carbocycles. The molecule has 0 bridgehead atoms. The lowest BCUT2D eigenvalue weighted by atomic mass is 9.82. The highest BCUT2D eigenvalue weighted by atomic mass is 19.1. The van der Waals surface area contributed by atoms with E-state index in [0.717, 1.165) is 0 Å². The van der Waals surface area contributed by atoms with Crippen LogP contribution in [-0.4, -0.2) is 27.7 Å². The zero-order valence-electron chi connectivity index (χ0n) is 13.1. The lowest BCUT2D eigenvalue weighted by Crippen LogP contribution is -2.27. The number of carbonyl (C=O) groups is 1. The molecule has 5 nitrogen and oxygen atoms in total. The molecular formula is C17H19FN2O3. The van der Waals surface area contributed by atoms with Crippen molar-refractivity contribution in [2.45, 2.75) is 26.7 Å². The van der Waals surface area contributed by atoms with Gasteiger partial charge in [-0.1, -0.05) is 6.08 Å².